The fourth-order valence-electron chi connectivity index (χ4n) is 4.43. The summed E-state index contributed by atoms with van der Waals surface area (Å²) in [6, 6.07) is 8.55. The van der Waals surface area contributed by atoms with E-state index in [1.165, 1.54) is 6.42 Å². The first kappa shape index (κ1) is 22.3. The normalized spacial score (nSPS) is 15.4. The van der Waals surface area contributed by atoms with Gasteiger partial charge >= 0.3 is 0 Å². The molecule has 6 heteroatoms. The van der Waals surface area contributed by atoms with Gasteiger partial charge in [-0.3, -0.25) is 14.8 Å². The second-order valence-electron chi connectivity index (χ2n) is 9.09. The summed E-state index contributed by atoms with van der Waals surface area (Å²) in [5.74, 6) is 1.25. The molecule has 3 aromatic rings. The molecule has 3 heterocycles. The predicted molar refractivity (Wildman–Crippen MR) is 130 cm³/mol. The third kappa shape index (κ3) is 5.49. The van der Waals surface area contributed by atoms with Crippen molar-refractivity contribution in [3.05, 3.63) is 48.5 Å². The molecule has 0 bridgehead atoms. The van der Waals surface area contributed by atoms with Crippen molar-refractivity contribution in [3.63, 3.8) is 0 Å². The van der Waals surface area contributed by atoms with Gasteiger partial charge in [0.05, 0.1) is 18.1 Å². The number of rotatable bonds is 8. The summed E-state index contributed by atoms with van der Waals surface area (Å²) in [5.41, 5.74) is 2.67. The second-order valence-corrected chi connectivity index (χ2v) is 9.09. The number of piperidine rings is 1. The summed E-state index contributed by atoms with van der Waals surface area (Å²) in [5, 5.41) is 5.43. The molecule has 0 radical (unpaired) electrons. The van der Waals surface area contributed by atoms with Crippen LogP contribution in [0, 0.1) is 5.92 Å². The maximum Gasteiger partial charge on any atom is 0.145 e. The van der Waals surface area contributed by atoms with E-state index in [9.17, 15) is 4.79 Å². The monoisotopic (exact) mass is 431 g/mol. The van der Waals surface area contributed by atoms with Gasteiger partial charge in [0.1, 0.15) is 11.6 Å². The SMILES string of the molecule is CCCN1CCC(C(=O)Cc2cc3cc(-c4cncc(NC(C)C)n4)ccc3cn2)CC1. The Labute approximate surface area is 190 Å². The average Bonchev–Trinajstić information content (AvgIpc) is 2.79. The summed E-state index contributed by atoms with van der Waals surface area (Å²) < 4.78 is 0. The van der Waals surface area contributed by atoms with E-state index in [0.29, 0.717) is 18.2 Å². The van der Waals surface area contributed by atoms with Crippen LogP contribution in [0.5, 0.6) is 0 Å². The summed E-state index contributed by atoms with van der Waals surface area (Å²) in [7, 11) is 0. The quantitative estimate of drug-likeness (QED) is 0.555. The fraction of sp³-hybridized carbons (Fsp3) is 0.462. The summed E-state index contributed by atoms with van der Waals surface area (Å²) in [6.45, 7) is 9.56. The van der Waals surface area contributed by atoms with Crippen LogP contribution in [0.15, 0.2) is 42.9 Å². The molecule has 1 aliphatic rings. The van der Waals surface area contributed by atoms with E-state index in [-0.39, 0.29) is 5.92 Å². The highest BCUT2D eigenvalue weighted by Gasteiger charge is 2.24. The molecule has 1 fully saturated rings. The van der Waals surface area contributed by atoms with Crippen LogP contribution >= 0.6 is 0 Å². The van der Waals surface area contributed by atoms with Crippen molar-refractivity contribution in [2.45, 2.75) is 52.5 Å². The Bertz CT molecular complexity index is 1070. The zero-order valence-corrected chi connectivity index (χ0v) is 19.3. The molecule has 168 valence electrons. The van der Waals surface area contributed by atoms with Crippen LogP contribution in [0.25, 0.3) is 22.0 Å². The molecule has 1 aliphatic heterocycles. The number of hydrogen-bond donors (Lipinski definition) is 1. The zero-order chi connectivity index (χ0) is 22.5. The number of nitrogens with one attached hydrogen (secondary N) is 1. The lowest BCUT2D eigenvalue weighted by molar-refractivity contribution is -0.123. The number of benzene rings is 1. The topological polar surface area (TPSA) is 71.0 Å². The predicted octanol–water partition coefficient (Wildman–Crippen LogP) is 4.75. The number of anilines is 1. The van der Waals surface area contributed by atoms with Gasteiger partial charge in [-0.2, -0.15) is 0 Å². The smallest absolute Gasteiger partial charge is 0.145 e. The Hall–Kier alpha value is -2.86. The van der Waals surface area contributed by atoms with Gasteiger partial charge in [-0.25, -0.2) is 4.98 Å². The third-order valence-corrected chi connectivity index (χ3v) is 6.08. The number of nitrogens with zero attached hydrogens (tertiary/aromatic N) is 4. The van der Waals surface area contributed by atoms with Crippen LogP contribution in [0.1, 0.15) is 45.7 Å². The molecule has 0 aliphatic carbocycles. The van der Waals surface area contributed by atoms with Crippen molar-refractivity contribution in [3.8, 4) is 11.3 Å². The highest BCUT2D eigenvalue weighted by molar-refractivity contribution is 5.88. The largest absolute Gasteiger partial charge is 0.367 e. The molecule has 0 spiro atoms. The third-order valence-electron chi connectivity index (χ3n) is 6.08. The number of Topliss-reactive ketones (excluding diaryl/α,β-unsaturated/α-hetero) is 1. The van der Waals surface area contributed by atoms with Crippen LogP contribution in [0.3, 0.4) is 0 Å². The first-order chi connectivity index (χ1) is 15.5. The summed E-state index contributed by atoms with van der Waals surface area (Å²) in [4.78, 5) is 29.0. The van der Waals surface area contributed by atoms with Crippen molar-refractivity contribution in [2.24, 2.45) is 5.92 Å². The molecular formula is C26H33N5O. The molecule has 4 rings (SSSR count). The lowest BCUT2D eigenvalue weighted by Gasteiger charge is -2.30. The Kier molecular flexibility index (Phi) is 7.10. The van der Waals surface area contributed by atoms with E-state index >= 15 is 0 Å². The minimum absolute atomic E-state index is 0.165. The second kappa shape index (κ2) is 10.2. The van der Waals surface area contributed by atoms with Crippen LogP contribution in [-0.4, -0.2) is 51.3 Å². The lowest BCUT2D eigenvalue weighted by atomic mass is 9.90. The number of hydrogen-bond acceptors (Lipinski definition) is 6. The number of likely N-dealkylation sites (tertiary alicyclic amines) is 1. The first-order valence-corrected chi connectivity index (χ1v) is 11.7. The van der Waals surface area contributed by atoms with Crippen molar-refractivity contribution >= 4 is 22.4 Å². The zero-order valence-electron chi connectivity index (χ0n) is 19.3. The summed E-state index contributed by atoms with van der Waals surface area (Å²) >= 11 is 0. The van der Waals surface area contributed by atoms with E-state index in [1.54, 1.807) is 12.4 Å². The van der Waals surface area contributed by atoms with Gasteiger partial charge in [-0.15, -0.1) is 0 Å². The number of aromatic nitrogens is 3. The highest BCUT2D eigenvalue weighted by Crippen LogP contribution is 2.25. The van der Waals surface area contributed by atoms with Gasteiger partial charge in [-0.05, 0) is 70.3 Å². The fourth-order valence-corrected chi connectivity index (χ4v) is 4.43. The molecule has 1 N–H and O–H groups in total. The van der Waals surface area contributed by atoms with Crippen molar-refractivity contribution < 1.29 is 4.79 Å². The minimum Gasteiger partial charge on any atom is -0.367 e. The number of carbonyl (C=O) groups is 1. The van der Waals surface area contributed by atoms with Gasteiger partial charge in [0.2, 0.25) is 0 Å². The molecule has 0 amide bonds. The molecule has 32 heavy (non-hydrogen) atoms. The number of ketones is 1. The minimum atomic E-state index is 0.165. The molecule has 0 saturated carbocycles. The number of fused-ring (bicyclic) bond motifs is 1. The highest BCUT2D eigenvalue weighted by atomic mass is 16.1. The first-order valence-electron chi connectivity index (χ1n) is 11.7. The number of carbonyl (C=O) groups excluding carboxylic acids is 1. The van der Waals surface area contributed by atoms with Crippen molar-refractivity contribution in [1.82, 2.24) is 19.9 Å². The van der Waals surface area contributed by atoms with E-state index in [0.717, 1.165) is 66.0 Å². The standard InChI is InChI=1S/C26H33N5O/c1-4-9-31-10-7-19(8-11-31)25(32)14-23-13-22-12-20(5-6-21(22)15-28-23)24-16-27-17-26(30-24)29-18(2)3/h5-6,12-13,15-19H,4,7-11,14H2,1-3H3,(H,29,30). The van der Waals surface area contributed by atoms with Crippen molar-refractivity contribution in [2.75, 3.05) is 25.0 Å². The van der Waals surface area contributed by atoms with Gasteiger partial charge < -0.3 is 10.2 Å². The van der Waals surface area contributed by atoms with Crippen LogP contribution in [0.4, 0.5) is 5.82 Å². The van der Waals surface area contributed by atoms with Crippen LogP contribution in [0.2, 0.25) is 0 Å². The average molecular weight is 432 g/mol. The molecule has 1 saturated heterocycles. The molecule has 6 nitrogen and oxygen atoms in total. The Morgan fingerprint density at radius 1 is 1.12 bits per heavy atom. The van der Waals surface area contributed by atoms with E-state index < -0.39 is 0 Å². The summed E-state index contributed by atoms with van der Waals surface area (Å²) in [6.07, 6.45) is 8.91. The Balaban J connectivity index is 1.48. The van der Waals surface area contributed by atoms with Gasteiger partial charge in [0.25, 0.3) is 0 Å². The molecule has 2 aromatic heterocycles. The van der Waals surface area contributed by atoms with Gasteiger partial charge in [-0.1, -0.05) is 19.1 Å². The molecular weight excluding hydrogens is 398 g/mol. The van der Waals surface area contributed by atoms with Crippen LogP contribution in [-0.2, 0) is 11.2 Å². The Morgan fingerprint density at radius 3 is 2.69 bits per heavy atom. The van der Waals surface area contributed by atoms with Gasteiger partial charge in [0.15, 0.2) is 0 Å². The molecule has 1 aromatic carbocycles. The van der Waals surface area contributed by atoms with Crippen LogP contribution < -0.4 is 5.32 Å². The van der Waals surface area contributed by atoms with E-state index in [1.807, 2.05) is 18.3 Å². The lowest BCUT2D eigenvalue weighted by Crippen LogP contribution is -2.37. The maximum atomic E-state index is 12.9. The maximum absolute atomic E-state index is 12.9. The molecule has 0 unspecified atom stereocenters. The number of pyridine rings is 1. The van der Waals surface area contributed by atoms with E-state index in [4.69, 9.17) is 4.98 Å². The van der Waals surface area contributed by atoms with Crippen molar-refractivity contribution in [1.29, 1.82) is 0 Å². The van der Waals surface area contributed by atoms with Gasteiger partial charge in [0, 0.05) is 41.2 Å². The van der Waals surface area contributed by atoms with E-state index in [2.05, 4.69) is 53.1 Å². The Morgan fingerprint density at radius 2 is 1.94 bits per heavy atom. The molecule has 0 atom stereocenters.